The SMILES string of the molecule is CCCCCCCCCCCCCCCCCCCCC(=O)OCC(COC(=O)CCCCCCCCCC)OC(=O)CCCCCCCCCCCCCC. The van der Waals surface area contributed by atoms with E-state index in [1.165, 1.54) is 186 Å². The Morgan fingerprint density at radius 3 is 0.714 bits per heavy atom. The van der Waals surface area contributed by atoms with Crippen LogP contribution in [0.3, 0.4) is 0 Å². The molecule has 0 spiro atoms. The van der Waals surface area contributed by atoms with Crippen LogP contribution in [0.1, 0.15) is 284 Å². The average molecular weight is 793 g/mol. The summed E-state index contributed by atoms with van der Waals surface area (Å²) in [5, 5.41) is 0. The molecule has 0 fully saturated rings. The van der Waals surface area contributed by atoms with Crippen molar-refractivity contribution in [1.29, 1.82) is 0 Å². The monoisotopic (exact) mass is 793 g/mol. The third-order valence-electron chi connectivity index (χ3n) is 11.4. The molecule has 0 radical (unpaired) electrons. The van der Waals surface area contributed by atoms with Crippen molar-refractivity contribution in [2.45, 2.75) is 290 Å². The van der Waals surface area contributed by atoms with Crippen molar-refractivity contribution in [3.05, 3.63) is 0 Å². The topological polar surface area (TPSA) is 78.9 Å². The van der Waals surface area contributed by atoms with Gasteiger partial charge in [0, 0.05) is 19.3 Å². The first-order valence-corrected chi connectivity index (χ1v) is 25.0. The fraction of sp³-hybridized carbons (Fsp3) is 0.940. The molecule has 0 heterocycles. The van der Waals surface area contributed by atoms with Crippen LogP contribution >= 0.6 is 0 Å². The zero-order valence-corrected chi connectivity index (χ0v) is 37.9. The van der Waals surface area contributed by atoms with Crippen LogP contribution in [-0.2, 0) is 28.6 Å². The quantitative estimate of drug-likeness (QED) is 0.0347. The van der Waals surface area contributed by atoms with Gasteiger partial charge in [0.2, 0.25) is 0 Å². The van der Waals surface area contributed by atoms with Crippen molar-refractivity contribution in [2.24, 2.45) is 0 Å². The van der Waals surface area contributed by atoms with E-state index in [1.807, 2.05) is 0 Å². The predicted molar refractivity (Wildman–Crippen MR) is 238 cm³/mol. The summed E-state index contributed by atoms with van der Waals surface area (Å²) >= 11 is 0. The molecule has 0 aliphatic carbocycles. The van der Waals surface area contributed by atoms with Gasteiger partial charge in [0.1, 0.15) is 13.2 Å². The lowest BCUT2D eigenvalue weighted by atomic mass is 10.0. The first kappa shape index (κ1) is 54.4. The summed E-state index contributed by atoms with van der Waals surface area (Å²) in [7, 11) is 0. The Labute approximate surface area is 348 Å². The van der Waals surface area contributed by atoms with E-state index in [4.69, 9.17) is 14.2 Å². The van der Waals surface area contributed by atoms with Gasteiger partial charge >= 0.3 is 17.9 Å². The molecule has 0 amide bonds. The summed E-state index contributed by atoms with van der Waals surface area (Å²) in [6.45, 7) is 6.64. The van der Waals surface area contributed by atoms with Crippen molar-refractivity contribution in [1.82, 2.24) is 0 Å². The minimum Gasteiger partial charge on any atom is -0.462 e. The number of ether oxygens (including phenoxy) is 3. The molecule has 0 aliphatic heterocycles. The van der Waals surface area contributed by atoms with Gasteiger partial charge in [-0.05, 0) is 19.3 Å². The maximum absolute atomic E-state index is 12.7. The van der Waals surface area contributed by atoms with Gasteiger partial charge in [-0.2, -0.15) is 0 Å². The van der Waals surface area contributed by atoms with E-state index < -0.39 is 6.10 Å². The number of rotatable bonds is 46. The molecule has 0 N–H and O–H groups in total. The van der Waals surface area contributed by atoms with Crippen molar-refractivity contribution >= 4 is 17.9 Å². The lowest BCUT2D eigenvalue weighted by Crippen LogP contribution is -2.30. The van der Waals surface area contributed by atoms with Crippen LogP contribution < -0.4 is 0 Å². The lowest BCUT2D eigenvalue weighted by Gasteiger charge is -2.18. The number of esters is 3. The predicted octanol–water partition coefficient (Wildman–Crippen LogP) is 16.0. The molecule has 6 heteroatoms. The Hall–Kier alpha value is -1.59. The molecular formula is C50H96O6. The summed E-state index contributed by atoms with van der Waals surface area (Å²) < 4.78 is 16.7. The van der Waals surface area contributed by atoms with Crippen LogP contribution in [0.4, 0.5) is 0 Å². The largest absolute Gasteiger partial charge is 0.462 e. The van der Waals surface area contributed by atoms with Gasteiger partial charge in [0.05, 0.1) is 0 Å². The van der Waals surface area contributed by atoms with Crippen LogP contribution in [0.25, 0.3) is 0 Å². The van der Waals surface area contributed by atoms with Gasteiger partial charge in [0.25, 0.3) is 0 Å². The Morgan fingerprint density at radius 2 is 0.482 bits per heavy atom. The van der Waals surface area contributed by atoms with E-state index in [2.05, 4.69) is 20.8 Å². The highest BCUT2D eigenvalue weighted by molar-refractivity contribution is 5.71. The van der Waals surface area contributed by atoms with E-state index in [0.717, 1.165) is 57.8 Å². The van der Waals surface area contributed by atoms with Crippen LogP contribution in [0.2, 0.25) is 0 Å². The summed E-state index contributed by atoms with van der Waals surface area (Å²) in [6, 6.07) is 0. The molecule has 1 atom stereocenters. The zero-order valence-electron chi connectivity index (χ0n) is 37.9. The minimum absolute atomic E-state index is 0.0624. The Bertz CT molecular complexity index is 828. The summed E-state index contributed by atoms with van der Waals surface area (Å²) in [5.74, 6) is -0.849. The molecule has 56 heavy (non-hydrogen) atoms. The molecule has 6 nitrogen and oxygen atoms in total. The first-order valence-electron chi connectivity index (χ1n) is 25.0. The van der Waals surface area contributed by atoms with Gasteiger partial charge in [0.15, 0.2) is 6.10 Å². The molecule has 332 valence electrons. The van der Waals surface area contributed by atoms with E-state index >= 15 is 0 Å². The molecule has 0 rings (SSSR count). The summed E-state index contributed by atoms with van der Waals surface area (Å²) in [6.07, 6.45) is 48.1. The summed E-state index contributed by atoms with van der Waals surface area (Å²) in [5.41, 5.74) is 0. The van der Waals surface area contributed by atoms with Crippen molar-refractivity contribution < 1.29 is 28.6 Å². The number of carbonyl (C=O) groups is 3. The van der Waals surface area contributed by atoms with Gasteiger partial charge in [-0.25, -0.2) is 0 Å². The molecule has 0 aromatic rings. The van der Waals surface area contributed by atoms with Crippen molar-refractivity contribution in [3.63, 3.8) is 0 Å². The maximum atomic E-state index is 12.7. The average Bonchev–Trinajstić information content (AvgIpc) is 3.19. The highest BCUT2D eigenvalue weighted by Gasteiger charge is 2.19. The fourth-order valence-corrected chi connectivity index (χ4v) is 7.56. The number of unbranched alkanes of at least 4 members (excludes halogenated alkanes) is 35. The van der Waals surface area contributed by atoms with E-state index in [0.29, 0.717) is 19.3 Å². The van der Waals surface area contributed by atoms with Crippen LogP contribution in [0.15, 0.2) is 0 Å². The number of hydrogen-bond acceptors (Lipinski definition) is 6. The Kier molecular flexibility index (Phi) is 44.8. The van der Waals surface area contributed by atoms with E-state index in [9.17, 15) is 14.4 Å². The Morgan fingerprint density at radius 1 is 0.286 bits per heavy atom. The molecule has 0 saturated heterocycles. The third-order valence-corrected chi connectivity index (χ3v) is 11.4. The van der Waals surface area contributed by atoms with Gasteiger partial charge < -0.3 is 14.2 Å². The number of hydrogen-bond donors (Lipinski definition) is 0. The maximum Gasteiger partial charge on any atom is 0.306 e. The molecule has 1 unspecified atom stereocenters. The second-order valence-corrected chi connectivity index (χ2v) is 17.1. The third kappa shape index (κ3) is 43.5. The van der Waals surface area contributed by atoms with Crippen molar-refractivity contribution in [2.75, 3.05) is 13.2 Å². The minimum atomic E-state index is -0.758. The van der Waals surface area contributed by atoms with Gasteiger partial charge in [-0.15, -0.1) is 0 Å². The zero-order chi connectivity index (χ0) is 40.8. The molecule has 0 aromatic heterocycles. The van der Waals surface area contributed by atoms with Crippen molar-refractivity contribution in [3.8, 4) is 0 Å². The smallest absolute Gasteiger partial charge is 0.306 e. The van der Waals surface area contributed by atoms with E-state index in [1.54, 1.807) is 0 Å². The normalized spacial score (nSPS) is 11.8. The molecular weight excluding hydrogens is 697 g/mol. The standard InChI is InChI=1S/C50H96O6/c1-4-7-10-13-16-19-21-23-24-25-26-27-28-30-31-34-37-40-43-49(52)55-46-47(45-54-48(51)42-39-36-33-18-15-12-9-6-3)56-50(53)44-41-38-35-32-29-22-20-17-14-11-8-5-2/h47H,4-46H2,1-3H3. The van der Waals surface area contributed by atoms with E-state index in [-0.39, 0.29) is 31.1 Å². The second kappa shape index (κ2) is 46.1. The lowest BCUT2D eigenvalue weighted by molar-refractivity contribution is -0.167. The highest BCUT2D eigenvalue weighted by atomic mass is 16.6. The summed E-state index contributed by atoms with van der Waals surface area (Å²) in [4.78, 5) is 37.7. The van der Waals surface area contributed by atoms with Gasteiger partial charge in [-0.3, -0.25) is 14.4 Å². The highest BCUT2D eigenvalue weighted by Crippen LogP contribution is 2.16. The molecule has 0 aromatic carbocycles. The van der Waals surface area contributed by atoms with Crippen LogP contribution in [0.5, 0.6) is 0 Å². The second-order valence-electron chi connectivity index (χ2n) is 17.1. The van der Waals surface area contributed by atoms with Gasteiger partial charge in [-0.1, -0.05) is 245 Å². The fourth-order valence-electron chi connectivity index (χ4n) is 7.56. The van der Waals surface area contributed by atoms with Crippen LogP contribution in [-0.4, -0.2) is 37.2 Å². The first-order chi connectivity index (χ1) is 27.5. The van der Waals surface area contributed by atoms with Crippen LogP contribution in [0, 0.1) is 0 Å². The molecule has 0 bridgehead atoms. The number of carbonyl (C=O) groups excluding carboxylic acids is 3. The molecule has 0 saturated carbocycles. The molecule has 0 aliphatic rings. The Balaban J connectivity index is 4.20.